The van der Waals surface area contributed by atoms with Crippen LogP contribution >= 0.6 is 11.6 Å². The molecule has 0 spiro atoms. The number of hydrazone groups is 1. The highest BCUT2D eigenvalue weighted by Crippen LogP contribution is 2.14. The lowest BCUT2D eigenvalue weighted by Crippen LogP contribution is -2.29. The largest absolute Gasteiger partial charge is 0.351 e. The van der Waals surface area contributed by atoms with E-state index in [0.717, 1.165) is 0 Å². The fourth-order valence-electron chi connectivity index (χ4n) is 1.22. The monoisotopic (exact) mass is 267 g/mol. The molecule has 0 saturated heterocycles. The summed E-state index contributed by atoms with van der Waals surface area (Å²) in [5.41, 5.74) is 2.70. The molecule has 2 amide bonds. The Morgan fingerprint density at radius 1 is 1.39 bits per heavy atom. The van der Waals surface area contributed by atoms with Crippen LogP contribution in [-0.2, 0) is 4.79 Å². The second-order valence-corrected chi connectivity index (χ2v) is 3.82. The second-order valence-electron chi connectivity index (χ2n) is 3.41. The van der Waals surface area contributed by atoms with Gasteiger partial charge in [0.25, 0.3) is 5.91 Å². The normalized spacial score (nSPS) is 10.3. The van der Waals surface area contributed by atoms with Crippen LogP contribution in [0.2, 0.25) is 5.02 Å². The maximum Gasteiger partial charge on any atom is 0.252 e. The van der Waals surface area contributed by atoms with Gasteiger partial charge in [0, 0.05) is 19.2 Å². The SMILES string of the molecule is CC=NNC(=O)CCNC(=O)c1ccccc1Cl. The van der Waals surface area contributed by atoms with Crippen molar-refractivity contribution in [2.24, 2.45) is 5.10 Å². The smallest absolute Gasteiger partial charge is 0.252 e. The van der Waals surface area contributed by atoms with Crippen molar-refractivity contribution in [1.82, 2.24) is 10.7 Å². The molecule has 0 aliphatic heterocycles. The highest BCUT2D eigenvalue weighted by atomic mass is 35.5. The van der Waals surface area contributed by atoms with Crippen LogP contribution in [0, 0.1) is 0 Å². The maximum absolute atomic E-state index is 11.7. The summed E-state index contributed by atoms with van der Waals surface area (Å²) in [6, 6.07) is 6.73. The van der Waals surface area contributed by atoms with Crippen LogP contribution < -0.4 is 10.7 Å². The molecule has 0 unspecified atom stereocenters. The first-order valence-electron chi connectivity index (χ1n) is 5.44. The number of rotatable bonds is 5. The molecule has 0 radical (unpaired) electrons. The molecule has 18 heavy (non-hydrogen) atoms. The molecule has 0 fully saturated rings. The third kappa shape index (κ3) is 4.55. The number of nitrogens with one attached hydrogen (secondary N) is 2. The molecule has 0 aromatic heterocycles. The summed E-state index contributed by atoms with van der Waals surface area (Å²) in [6.07, 6.45) is 1.63. The van der Waals surface area contributed by atoms with Crippen molar-refractivity contribution in [3.8, 4) is 0 Å². The minimum Gasteiger partial charge on any atom is -0.351 e. The van der Waals surface area contributed by atoms with E-state index < -0.39 is 0 Å². The van der Waals surface area contributed by atoms with Gasteiger partial charge >= 0.3 is 0 Å². The Labute approximate surface area is 110 Å². The summed E-state index contributed by atoms with van der Waals surface area (Å²) in [5, 5.41) is 6.58. The Hall–Kier alpha value is -1.88. The number of carbonyl (C=O) groups is 2. The molecular weight excluding hydrogens is 254 g/mol. The van der Waals surface area contributed by atoms with Crippen LogP contribution in [0.25, 0.3) is 0 Å². The van der Waals surface area contributed by atoms with Crippen LogP contribution in [0.1, 0.15) is 23.7 Å². The lowest BCUT2D eigenvalue weighted by Gasteiger charge is -2.05. The van der Waals surface area contributed by atoms with Crippen LogP contribution in [0.15, 0.2) is 29.4 Å². The number of nitrogens with zero attached hydrogens (tertiary/aromatic N) is 1. The van der Waals surface area contributed by atoms with Crippen LogP contribution in [0.3, 0.4) is 0 Å². The summed E-state index contributed by atoms with van der Waals surface area (Å²) < 4.78 is 0. The highest BCUT2D eigenvalue weighted by molar-refractivity contribution is 6.33. The van der Waals surface area contributed by atoms with Crippen molar-refractivity contribution in [3.05, 3.63) is 34.9 Å². The van der Waals surface area contributed by atoms with Crippen molar-refractivity contribution < 1.29 is 9.59 Å². The maximum atomic E-state index is 11.7. The lowest BCUT2D eigenvalue weighted by molar-refractivity contribution is -0.120. The van der Waals surface area contributed by atoms with E-state index in [1.807, 2.05) is 0 Å². The van der Waals surface area contributed by atoms with Crippen LogP contribution in [0.4, 0.5) is 0 Å². The van der Waals surface area contributed by atoms with Gasteiger partial charge in [0.15, 0.2) is 0 Å². The van der Waals surface area contributed by atoms with Gasteiger partial charge in [0.2, 0.25) is 5.91 Å². The third-order valence-electron chi connectivity index (χ3n) is 2.07. The van der Waals surface area contributed by atoms with Gasteiger partial charge in [-0.05, 0) is 19.1 Å². The van der Waals surface area contributed by atoms with Gasteiger partial charge in [-0.1, -0.05) is 23.7 Å². The molecule has 1 aromatic carbocycles. The Morgan fingerprint density at radius 3 is 2.78 bits per heavy atom. The molecule has 0 bridgehead atoms. The second kappa shape index (κ2) is 7.45. The van der Waals surface area contributed by atoms with Crippen molar-refractivity contribution in [2.45, 2.75) is 13.3 Å². The molecule has 5 nitrogen and oxygen atoms in total. The van der Waals surface area contributed by atoms with E-state index in [-0.39, 0.29) is 24.8 Å². The predicted octanol–water partition coefficient (Wildman–Crippen LogP) is 1.58. The zero-order valence-electron chi connectivity index (χ0n) is 9.94. The molecule has 0 atom stereocenters. The molecule has 0 saturated carbocycles. The van der Waals surface area contributed by atoms with E-state index in [1.165, 1.54) is 6.21 Å². The lowest BCUT2D eigenvalue weighted by atomic mass is 10.2. The van der Waals surface area contributed by atoms with Crippen LogP contribution in [-0.4, -0.2) is 24.6 Å². The van der Waals surface area contributed by atoms with E-state index in [0.29, 0.717) is 10.6 Å². The predicted molar refractivity (Wildman–Crippen MR) is 70.7 cm³/mol. The average Bonchev–Trinajstić information content (AvgIpc) is 2.36. The quantitative estimate of drug-likeness (QED) is 0.628. The van der Waals surface area contributed by atoms with E-state index in [2.05, 4.69) is 15.8 Å². The molecule has 0 aliphatic rings. The topological polar surface area (TPSA) is 70.6 Å². The van der Waals surface area contributed by atoms with Crippen molar-refractivity contribution in [2.75, 3.05) is 6.54 Å². The zero-order chi connectivity index (χ0) is 13.4. The summed E-state index contributed by atoms with van der Waals surface area (Å²) in [5.74, 6) is -0.556. The van der Waals surface area contributed by atoms with E-state index in [1.54, 1.807) is 31.2 Å². The molecule has 0 heterocycles. The van der Waals surface area contributed by atoms with E-state index >= 15 is 0 Å². The number of carbonyl (C=O) groups excluding carboxylic acids is 2. The molecule has 1 rings (SSSR count). The van der Waals surface area contributed by atoms with Gasteiger partial charge in [0.05, 0.1) is 10.6 Å². The van der Waals surface area contributed by atoms with E-state index in [4.69, 9.17) is 11.6 Å². The number of halogens is 1. The minimum absolute atomic E-state index is 0.160. The number of amides is 2. The Morgan fingerprint density at radius 2 is 2.11 bits per heavy atom. The molecule has 0 aliphatic carbocycles. The Balaban J connectivity index is 2.38. The van der Waals surface area contributed by atoms with Gasteiger partial charge in [-0.2, -0.15) is 5.10 Å². The molecular formula is C12H14ClN3O2. The van der Waals surface area contributed by atoms with Crippen LogP contribution in [0.5, 0.6) is 0 Å². The van der Waals surface area contributed by atoms with E-state index in [9.17, 15) is 9.59 Å². The molecule has 96 valence electrons. The first-order chi connectivity index (χ1) is 8.65. The summed E-state index contributed by atoms with van der Waals surface area (Å²) >= 11 is 5.87. The van der Waals surface area contributed by atoms with Gasteiger partial charge in [0.1, 0.15) is 0 Å². The molecule has 6 heteroatoms. The minimum atomic E-state index is -0.299. The molecule has 1 aromatic rings. The summed E-state index contributed by atoms with van der Waals surface area (Å²) in [6.45, 7) is 1.93. The fourth-order valence-corrected chi connectivity index (χ4v) is 1.44. The number of benzene rings is 1. The summed E-state index contributed by atoms with van der Waals surface area (Å²) in [4.78, 5) is 22.9. The van der Waals surface area contributed by atoms with Crippen molar-refractivity contribution >= 4 is 29.6 Å². The van der Waals surface area contributed by atoms with Gasteiger partial charge in [-0.15, -0.1) is 0 Å². The van der Waals surface area contributed by atoms with Crippen molar-refractivity contribution in [1.29, 1.82) is 0 Å². The average molecular weight is 268 g/mol. The summed E-state index contributed by atoms with van der Waals surface area (Å²) in [7, 11) is 0. The van der Waals surface area contributed by atoms with Gasteiger partial charge < -0.3 is 5.32 Å². The first kappa shape index (κ1) is 14.2. The Bertz CT molecular complexity index is 460. The zero-order valence-corrected chi connectivity index (χ0v) is 10.7. The Kier molecular flexibility index (Phi) is 5.87. The van der Waals surface area contributed by atoms with Gasteiger partial charge in [-0.25, -0.2) is 5.43 Å². The number of hydrogen-bond donors (Lipinski definition) is 2. The standard InChI is InChI=1S/C12H14ClN3O2/c1-2-15-16-11(17)7-8-14-12(18)9-5-3-4-6-10(9)13/h2-6H,7-8H2,1H3,(H,14,18)(H,16,17). The third-order valence-corrected chi connectivity index (χ3v) is 2.40. The van der Waals surface area contributed by atoms with Gasteiger partial charge in [-0.3, -0.25) is 9.59 Å². The molecule has 2 N–H and O–H groups in total. The number of hydrogen-bond acceptors (Lipinski definition) is 3. The first-order valence-corrected chi connectivity index (χ1v) is 5.82. The highest BCUT2D eigenvalue weighted by Gasteiger charge is 2.09. The fraction of sp³-hybridized carbons (Fsp3) is 0.250. The van der Waals surface area contributed by atoms with Crippen molar-refractivity contribution in [3.63, 3.8) is 0 Å².